The number of hydrazine groups is 1. The lowest BCUT2D eigenvalue weighted by Crippen LogP contribution is -2.43. The summed E-state index contributed by atoms with van der Waals surface area (Å²) in [6.07, 6.45) is 4.47. The zero-order chi connectivity index (χ0) is 15.7. The zero-order valence-corrected chi connectivity index (χ0v) is 12.0. The number of benzene rings is 1. The summed E-state index contributed by atoms with van der Waals surface area (Å²) in [5.41, 5.74) is 4.48. The van der Waals surface area contributed by atoms with E-state index in [1.54, 1.807) is 6.07 Å². The molecule has 0 aromatic heterocycles. The highest BCUT2D eigenvalue weighted by Gasteiger charge is 2.54. The number of carboxylic acid groups (broad SMARTS) is 1. The van der Waals surface area contributed by atoms with Gasteiger partial charge in [0, 0.05) is 11.5 Å². The largest absolute Gasteiger partial charge is 0.545 e. The molecular formula is C16H17N2O4-. The molecule has 2 saturated carbocycles. The van der Waals surface area contributed by atoms with Crippen LogP contribution in [-0.2, 0) is 4.79 Å². The Bertz CT molecular complexity index is 616. The van der Waals surface area contributed by atoms with Crippen LogP contribution in [0.4, 0.5) is 0 Å². The van der Waals surface area contributed by atoms with Crippen LogP contribution in [0.1, 0.15) is 46.4 Å². The fourth-order valence-electron chi connectivity index (χ4n) is 3.51. The number of rotatable bonds is 3. The molecule has 2 N–H and O–H groups in total. The standard InChI is InChI=1S/C16H18N2O4/c19-14(11-7-3-4-8-12(11)16(21)22)17-18-15(20)13-9-5-1-2-6-10(9)13/h3-4,7-10,13H,1-2,5-6H2,(H,17,19)(H,18,20)(H,21,22)/p-1/t9-,10+,13?. The van der Waals surface area contributed by atoms with Crippen LogP contribution < -0.4 is 16.0 Å². The molecule has 116 valence electrons. The Labute approximate surface area is 127 Å². The van der Waals surface area contributed by atoms with Gasteiger partial charge >= 0.3 is 0 Å². The molecule has 0 spiro atoms. The van der Waals surface area contributed by atoms with Gasteiger partial charge < -0.3 is 9.90 Å². The normalized spacial score (nSPS) is 25.7. The number of aromatic carboxylic acids is 1. The molecule has 2 aliphatic carbocycles. The molecule has 22 heavy (non-hydrogen) atoms. The molecule has 6 heteroatoms. The first-order chi connectivity index (χ1) is 10.6. The molecule has 1 aromatic rings. The topological polar surface area (TPSA) is 98.3 Å². The van der Waals surface area contributed by atoms with Crippen LogP contribution >= 0.6 is 0 Å². The Morgan fingerprint density at radius 3 is 2.14 bits per heavy atom. The van der Waals surface area contributed by atoms with E-state index in [0.29, 0.717) is 11.8 Å². The van der Waals surface area contributed by atoms with E-state index in [-0.39, 0.29) is 23.0 Å². The predicted octanol–water partition coefficient (Wildman–Crippen LogP) is 0.247. The number of hydrogen-bond acceptors (Lipinski definition) is 4. The van der Waals surface area contributed by atoms with Crippen LogP contribution in [0.25, 0.3) is 0 Å². The van der Waals surface area contributed by atoms with Crippen molar-refractivity contribution in [1.29, 1.82) is 0 Å². The summed E-state index contributed by atoms with van der Waals surface area (Å²) >= 11 is 0. The van der Waals surface area contributed by atoms with E-state index >= 15 is 0 Å². The highest BCUT2D eigenvalue weighted by atomic mass is 16.4. The number of fused-ring (bicyclic) bond motifs is 1. The van der Waals surface area contributed by atoms with Gasteiger partial charge in [0.2, 0.25) is 5.91 Å². The van der Waals surface area contributed by atoms with Gasteiger partial charge in [-0.25, -0.2) is 0 Å². The number of carbonyl (C=O) groups is 3. The van der Waals surface area contributed by atoms with Crippen molar-refractivity contribution in [2.75, 3.05) is 0 Å². The van der Waals surface area contributed by atoms with E-state index in [0.717, 1.165) is 25.7 Å². The minimum absolute atomic E-state index is 0.0146. The molecule has 0 bridgehead atoms. The molecule has 0 aliphatic heterocycles. The molecule has 0 radical (unpaired) electrons. The summed E-state index contributed by atoms with van der Waals surface area (Å²) in [5, 5.41) is 11.0. The third-order valence-electron chi connectivity index (χ3n) is 4.65. The van der Waals surface area contributed by atoms with Crippen molar-refractivity contribution >= 4 is 17.8 Å². The zero-order valence-electron chi connectivity index (χ0n) is 12.0. The van der Waals surface area contributed by atoms with Crippen LogP contribution in [0.5, 0.6) is 0 Å². The van der Waals surface area contributed by atoms with Crippen molar-refractivity contribution in [1.82, 2.24) is 10.9 Å². The number of nitrogens with one attached hydrogen (secondary N) is 2. The quantitative estimate of drug-likeness (QED) is 0.782. The average Bonchev–Trinajstić information content (AvgIpc) is 3.26. The van der Waals surface area contributed by atoms with Crippen LogP contribution in [0.3, 0.4) is 0 Å². The Morgan fingerprint density at radius 2 is 1.55 bits per heavy atom. The maximum absolute atomic E-state index is 12.1. The molecular weight excluding hydrogens is 284 g/mol. The summed E-state index contributed by atoms with van der Waals surface area (Å²) in [6, 6.07) is 5.74. The number of carboxylic acids is 1. The third kappa shape index (κ3) is 2.68. The van der Waals surface area contributed by atoms with E-state index in [1.807, 2.05) is 0 Å². The maximum atomic E-state index is 12.1. The number of hydrogen-bond donors (Lipinski definition) is 2. The first-order valence-corrected chi connectivity index (χ1v) is 7.50. The fraction of sp³-hybridized carbons (Fsp3) is 0.438. The van der Waals surface area contributed by atoms with Crippen molar-refractivity contribution in [3.63, 3.8) is 0 Å². The Morgan fingerprint density at radius 1 is 0.955 bits per heavy atom. The third-order valence-corrected chi connectivity index (χ3v) is 4.65. The van der Waals surface area contributed by atoms with Gasteiger partial charge in [-0.1, -0.05) is 31.0 Å². The average molecular weight is 301 g/mol. The van der Waals surface area contributed by atoms with Gasteiger partial charge in [0.25, 0.3) is 5.91 Å². The van der Waals surface area contributed by atoms with Gasteiger partial charge in [0.15, 0.2) is 0 Å². The van der Waals surface area contributed by atoms with Crippen LogP contribution in [0.15, 0.2) is 24.3 Å². The van der Waals surface area contributed by atoms with E-state index in [4.69, 9.17) is 0 Å². The first-order valence-electron chi connectivity index (χ1n) is 7.50. The monoisotopic (exact) mass is 301 g/mol. The minimum atomic E-state index is -1.43. The van der Waals surface area contributed by atoms with Crippen molar-refractivity contribution in [3.8, 4) is 0 Å². The summed E-state index contributed by atoms with van der Waals surface area (Å²) in [6.45, 7) is 0. The van der Waals surface area contributed by atoms with Crippen LogP contribution in [0.2, 0.25) is 0 Å². The smallest absolute Gasteiger partial charge is 0.270 e. The molecule has 2 amide bonds. The predicted molar refractivity (Wildman–Crippen MR) is 75.3 cm³/mol. The van der Waals surface area contributed by atoms with E-state index < -0.39 is 11.9 Å². The summed E-state index contributed by atoms with van der Waals surface area (Å²) in [7, 11) is 0. The highest BCUT2D eigenvalue weighted by molar-refractivity contribution is 6.04. The van der Waals surface area contributed by atoms with E-state index in [2.05, 4.69) is 10.9 Å². The molecule has 3 atom stereocenters. The maximum Gasteiger partial charge on any atom is 0.270 e. The van der Waals surface area contributed by atoms with Gasteiger partial charge in [0.1, 0.15) is 0 Å². The molecule has 2 aliphatic rings. The van der Waals surface area contributed by atoms with Crippen molar-refractivity contribution in [3.05, 3.63) is 35.4 Å². The molecule has 2 fully saturated rings. The number of amides is 2. The van der Waals surface area contributed by atoms with E-state index in [9.17, 15) is 19.5 Å². The van der Waals surface area contributed by atoms with Gasteiger partial charge in [-0.3, -0.25) is 20.4 Å². The van der Waals surface area contributed by atoms with Crippen molar-refractivity contribution in [2.45, 2.75) is 25.7 Å². The van der Waals surface area contributed by atoms with Crippen LogP contribution in [0, 0.1) is 17.8 Å². The lowest BCUT2D eigenvalue weighted by molar-refractivity contribution is -0.255. The fourth-order valence-corrected chi connectivity index (χ4v) is 3.51. The van der Waals surface area contributed by atoms with Crippen molar-refractivity contribution in [2.24, 2.45) is 17.8 Å². The van der Waals surface area contributed by atoms with Gasteiger partial charge in [-0.05, 0) is 30.7 Å². The summed E-state index contributed by atoms with van der Waals surface area (Å²) < 4.78 is 0. The lowest BCUT2D eigenvalue weighted by atomic mass is 10.0. The summed E-state index contributed by atoms with van der Waals surface area (Å²) in [4.78, 5) is 35.1. The molecule has 0 saturated heterocycles. The molecule has 6 nitrogen and oxygen atoms in total. The number of carbonyl (C=O) groups excluding carboxylic acids is 3. The van der Waals surface area contributed by atoms with Gasteiger partial charge in [-0.2, -0.15) is 0 Å². The van der Waals surface area contributed by atoms with Gasteiger partial charge in [0.05, 0.1) is 11.5 Å². The lowest BCUT2D eigenvalue weighted by Gasteiger charge is -2.11. The van der Waals surface area contributed by atoms with Crippen molar-refractivity contribution < 1.29 is 19.5 Å². The molecule has 0 heterocycles. The summed E-state index contributed by atoms with van der Waals surface area (Å²) in [5.74, 6) is -1.39. The minimum Gasteiger partial charge on any atom is -0.545 e. The molecule has 3 rings (SSSR count). The Hall–Kier alpha value is -2.37. The second-order valence-corrected chi connectivity index (χ2v) is 5.91. The Balaban J connectivity index is 1.59. The molecule has 1 unspecified atom stereocenters. The SMILES string of the molecule is O=C([O-])c1ccccc1C(=O)NNC(=O)C1[C@H]2CCCC[C@@H]12. The molecule has 1 aromatic carbocycles. The van der Waals surface area contributed by atoms with Gasteiger partial charge in [-0.15, -0.1) is 0 Å². The van der Waals surface area contributed by atoms with E-state index in [1.165, 1.54) is 18.2 Å². The van der Waals surface area contributed by atoms with Crippen LogP contribution in [-0.4, -0.2) is 17.8 Å². The first kappa shape index (κ1) is 14.6. The highest BCUT2D eigenvalue weighted by Crippen LogP contribution is 2.55. The second-order valence-electron chi connectivity index (χ2n) is 5.91. The Kier molecular flexibility index (Phi) is 3.83. The second kappa shape index (κ2) is 5.79.